The minimum atomic E-state index is -0.833. The lowest BCUT2D eigenvalue weighted by Gasteiger charge is -2.31. The third-order valence-electron chi connectivity index (χ3n) is 3.49. The first-order valence-electron chi connectivity index (χ1n) is 6.27. The summed E-state index contributed by atoms with van der Waals surface area (Å²) in [7, 11) is 0. The van der Waals surface area contributed by atoms with Gasteiger partial charge in [-0.05, 0) is 37.5 Å². The Kier molecular flexibility index (Phi) is 4.10. The average Bonchev–Trinajstić information content (AvgIpc) is 2.41. The second-order valence-corrected chi connectivity index (χ2v) is 5.32. The number of carbonyl (C=O) groups excluding carboxylic acids is 1. The highest BCUT2D eigenvalue weighted by Crippen LogP contribution is 2.22. The van der Waals surface area contributed by atoms with Gasteiger partial charge in [0.05, 0.1) is 5.92 Å². The summed E-state index contributed by atoms with van der Waals surface area (Å²) >= 11 is 5.91. The van der Waals surface area contributed by atoms with Gasteiger partial charge in [0.25, 0.3) is 5.91 Å². The smallest absolute Gasteiger partial charge is 0.308 e. The Balaban J connectivity index is 2.19. The van der Waals surface area contributed by atoms with Crippen LogP contribution in [0, 0.1) is 12.8 Å². The Morgan fingerprint density at radius 2 is 2.16 bits per heavy atom. The minimum Gasteiger partial charge on any atom is -0.481 e. The van der Waals surface area contributed by atoms with E-state index in [0.717, 1.165) is 12.0 Å². The number of amides is 1. The molecule has 1 amide bonds. The number of carboxylic acids is 1. The van der Waals surface area contributed by atoms with Crippen LogP contribution in [0.15, 0.2) is 18.2 Å². The molecule has 0 spiro atoms. The van der Waals surface area contributed by atoms with Crippen LogP contribution >= 0.6 is 11.6 Å². The van der Waals surface area contributed by atoms with E-state index in [2.05, 4.69) is 0 Å². The molecule has 1 fully saturated rings. The maximum absolute atomic E-state index is 12.4. The van der Waals surface area contributed by atoms with Crippen LogP contribution in [0.2, 0.25) is 5.02 Å². The Hall–Kier alpha value is -1.55. The van der Waals surface area contributed by atoms with Crippen LogP contribution in [0.1, 0.15) is 28.8 Å². The molecule has 19 heavy (non-hydrogen) atoms. The van der Waals surface area contributed by atoms with E-state index in [9.17, 15) is 9.59 Å². The van der Waals surface area contributed by atoms with E-state index >= 15 is 0 Å². The van der Waals surface area contributed by atoms with Crippen LogP contribution in [-0.4, -0.2) is 35.0 Å². The molecule has 0 aromatic heterocycles. The molecule has 1 N–H and O–H groups in total. The molecule has 1 aromatic rings. The molecule has 102 valence electrons. The standard InChI is InChI=1S/C14H16ClNO3/c1-9-4-5-11(15)7-12(9)13(17)16-6-2-3-10(8-16)14(18)19/h4-5,7,10H,2-3,6,8H2,1H3,(H,18,19)/t10-/m1/s1. The quantitative estimate of drug-likeness (QED) is 0.906. The number of hydrogen-bond donors (Lipinski definition) is 1. The van der Waals surface area contributed by atoms with E-state index in [1.54, 1.807) is 23.1 Å². The highest BCUT2D eigenvalue weighted by Gasteiger charge is 2.29. The van der Waals surface area contributed by atoms with Crippen molar-refractivity contribution in [1.82, 2.24) is 4.90 Å². The van der Waals surface area contributed by atoms with Crippen molar-refractivity contribution in [2.24, 2.45) is 5.92 Å². The SMILES string of the molecule is Cc1ccc(Cl)cc1C(=O)N1CCC[C@@H](C(=O)O)C1. The van der Waals surface area contributed by atoms with Crippen molar-refractivity contribution in [3.63, 3.8) is 0 Å². The number of rotatable bonds is 2. The van der Waals surface area contributed by atoms with Gasteiger partial charge in [0.1, 0.15) is 0 Å². The average molecular weight is 282 g/mol. The van der Waals surface area contributed by atoms with Gasteiger partial charge in [-0.25, -0.2) is 0 Å². The number of aryl methyl sites for hydroxylation is 1. The number of benzene rings is 1. The molecule has 0 saturated carbocycles. The largest absolute Gasteiger partial charge is 0.481 e. The molecule has 2 rings (SSSR count). The monoisotopic (exact) mass is 281 g/mol. The van der Waals surface area contributed by atoms with Crippen molar-refractivity contribution in [3.8, 4) is 0 Å². The zero-order chi connectivity index (χ0) is 14.0. The lowest BCUT2D eigenvalue weighted by atomic mass is 9.97. The summed E-state index contributed by atoms with van der Waals surface area (Å²) < 4.78 is 0. The third-order valence-corrected chi connectivity index (χ3v) is 3.72. The minimum absolute atomic E-state index is 0.133. The highest BCUT2D eigenvalue weighted by molar-refractivity contribution is 6.31. The number of carbonyl (C=O) groups is 2. The second-order valence-electron chi connectivity index (χ2n) is 4.89. The summed E-state index contributed by atoms with van der Waals surface area (Å²) in [6.07, 6.45) is 1.36. The fourth-order valence-corrected chi connectivity index (χ4v) is 2.53. The van der Waals surface area contributed by atoms with Crippen LogP contribution in [0.5, 0.6) is 0 Å². The van der Waals surface area contributed by atoms with Crippen molar-refractivity contribution in [1.29, 1.82) is 0 Å². The van der Waals surface area contributed by atoms with Crippen molar-refractivity contribution in [3.05, 3.63) is 34.3 Å². The van der Waals surface area contributed by atoms with Crippen LogP contribution < -0.4 is 0 Å². The number of hydrogen-bond acceptors (Lipinski definition) is 2. The van der Waals surface area contributed by atoms with Gasteiger partial charge in [0.2, 0.25) is 0 Å². The summed E-state index contributed by atoms with van der Waals surface area (Å²) in [4.78, 5) is 25.0. The number of likely N-dealkylation sites (tertiary alicyclic amines) is 1. The van der Waals surface area contributed by atoms with Crippen molar-refractivity contribution in [2.45, 2.75) is 19.8 Å². The number of halogens is 1. The van der Waals surface area contributed by atoms with Crippen LogP contribution in [0.4, 0.5) is 0 Å². The number of nitrogens with zero attached hydrogens (tertiary/aromatic N) is 1. The Morgan fingerprint density at radius 3 is 2.84 bits per heavy atom. The predicted molar refractivity (Wildman–Crippen MR) is 72.5 cm³/mol. The summed E-state index contributed by atoms with van der Waals surface area (Å²) in [6, 6.07) is 5.18. The van der Waals surface area contributed by atoms with Crippen LogP contribution in [0.3, 0.4) is 0 Å². The number of piperidine rings is 1. The maximum Gasteiger partial charge on any atom is 0.308 e. The molecular formula is C14H16ClNO3. The molecule has 1 atom stereocenters. The molecule has 0 aliphatic carbocycles. The van der Waals surface area contributed by atoms with E-state index in [4.69, 9.17) is 16.7 Å². The normalized spacial score (nSPS) is 19.3. The molecule has 0 radical (unpaired) electrons. The fraction of sp³-hybridized carbons (Fsp3) is 0.429. The second kappa shape index (κ2) is 5.61. The van der Waals surface area contributed by atoms with Crippen molar-refractivity contribution < 1.29 is 14.7 Å². The molecule has 4 nitrogen and oxygen atoms in total. The Labute approximate surface area is 117 Å². The molecule has 0 bridgehead atoms. The number of aliphatic carboxylic acids is 1. The first-order valence-corrected chi connectivity index (χ1v) is 6.65. The van der Waals surface area contributed by atoms with Gasteiger partial charge in [-0.15, -0.1) is 0 Å². The van der Waals surface area contributed by atoms with Gasteiger partial charge in [0, 0.05) is 23.7 Å². The first-order chi connectivity index (χ1) is 8.99. The zero-order valence-electron chi connectivity index (χ0n) is 10.7. The fourth-order valence-electron chi connectivity index (χ4n) is 2.36. The van der Waals surface area contributed by atoms with E-state index in [-0.39, 0.29) is 12.5 Å². The van der Waals surface area contributed by atoms with Gasteiger partial charge in [-0.1, -0.05) is 17.7 Å². The van der Waals surface area contributed by atoms with Crippen molar-refractivity contribution >= 4 is 23.5 Å². The first kappa shape index (κ1) is 13.9. The molecular weight excluding hydrogens is 266 g/mol. The topological polar surface area (TPSA) is 57.6 Å². The highest BCUT2D eigenvalue weighted by atomic mass is 35.5. The van der Waals surface area contributed by atoms with E-state index in [1.807, 2.05) is 6.92 Å². The molecule has 1 heterocycles. The molecule has 0 unspecified atom stereocenters. The van der Waals surface area contributed by atoms with Crippen LogP contribution in [-0.2, 0) is 4.79 Å². The third kappa shape index (κ3) is 3.07. The molecule has 5 heteroatoms. The van der Waals surface area contributed by atoms with Gasteiger partial charge in [0.15, 0.2) is 0 Å². The van der Waals surface area contributed by atoms with E-state index < -0.39 is 11.9 Å². The van der Waals surface area contributed by atoms with Gasteiger partial charge < -0.3 is 10.0 Å². The molecule has 1 aliphatic heterocycles. The Bertz CT molecular complexity index is 515. The predicted octanol–water partition coefficient (Wildman–Crippen LogP) is 2.59. The number of carboxylic acid groups (broad SMARTS) is 1. The van der Waals surface area contributed by atoms with E-state index in [1.165, 1.54) is 0 Å². The van der Waals surface area contributed by atoms with Gasteiger partial charge in [-0.2, -0.15) is 0 Å². The summed E-state index contributed by atoms with van der Waals surface area (Å²) in [5, 5.41) is 9.56. The zero-order valence-corrected chi connectivity index (χ0v) is 11.5. The molecule has 1 aliphatic rings. The summed E-state index contributed by atoms with van der Waals surface area (Å²) in [5.41, 5.74) is 1.41. The maximum atomic E-state index is 12.4. The van der Waals surface area contributed by atoms with Gasteiger partial charge >= 0.3 is 5.97 Å². The van der Waals surface area contributed by atoms with Crippen molar-refractivity contribution in [2.75, 3.05) is 13.1 Å². The summed E-state index contributed by atoms with van der Waals surface area (Å²) in [5.74, 6) is -1.43. The molecule has 1 saturated heterocycles. The lowest BCUT2D eigenvalue weighted by Crippen LogP contribution is -2.42. The summed E-state index contributed by atoms with van der Waals surface area (Å²) in [6.45, 7) is 2.73. The molecule has 1 aromatic carbocycles. The van der Waals surface area contributed by atoms with E-state index in [0.29, 0.717) is 23.6 Å². The van der Waals surface area contributed by atoms with Crippen LogP contribution in [0.25, 0.3) is 0 Å². The Morgan fingerprint density at radius 1 is 1.42 bits per heavy atom. The lowest BCUT2D eigenvalue weighted by molar-refractivity contribution is -0.143. The van der Waals surface area contributed by atoms with Gasteiger partial charge in [-0.3, -0.25) is 9.59 Å².